The molecule has 0 spiro atoms. The summed E-state index contributed by atoms with van der Waals surface area (Å²) in [6, 6.07) is 16.7. The summed E-state index contributed by atoms with van der Waals surface area (Å²) in [5.41, 5.74) is 10.8. The maximum Gasteiger partial charge on any atom is 0.125 e. The van der Waals surface area contributed by atoms with Crippen molar-refractivity contribution < 1.29 is 9.68 Å². The summed E-state index contributed by atoms with van der Waals surface area (Å²) in [6.07, 6.45) is 5.94. The van der Waals surface area contributed by atoms with Gasteiger partial charge in [0.25, 0.3) is 0 Å². The molecule has 0 saturated carbocycles. The second-order valence-electron chi connectivity index (χ2n) is 11.7. The van der Waals surface area contributed by atoms with E-state index in [1.165, 1.54) is 33.0 Å². The van der Waals surface area contributed by atoms with Crippen molar-refractivity contribution in [3.8, 4) is 0 Å². The van der Waals surface area contributed by atoms with Gasteiger partial charge < -0.3 is 9.68 Å². The number of rotatable bonds is 6. The highest BCUT2D eigenvalue weighted by Gasteiger charge is 2.25. The molecule has 39 heavy (non-hydrogen) atoms. The van der Waals surface area contributed by atoms with E-state index in [0.29, 0.717) is 13.2 Å². The molecule has 0 fully saturated rings. The van der Waals surface area contributed by atoms with Crippen LogP contribution in [0.25, 0.3) is 21.8 Å². The monoisotopic (exact) mass is 520 g/mol. The lowest BCUT2D eigenvalue weighted by Crippen LogP contribution is -2.25. The summed E-state index contributed by atoms with van der Waals surface area (Å²) < 4.78 is 0. The van der Waals surface area contributed by atoms with Crippen LogP contribution >= 0.6 is 0 Å². The van der Waals surface area contributed by atoms with Crippen molar-refractivity contribution in [2.75, 3.05) is 13.2 Å². The van der Waals surface area contributed by atoms with E-state index >= 15 is 0 Å². The van der Waals surface area contributed by atoms with Crippen LogP contribution in [0.5, 0.6) is 0 Å². The van der Waals surface area contributed by atoms with Crippen molar-refractivity contribution in [3.63, 3.8) is 0 Å². The molecule has 2 aromatic carbocycles. The molecule has 0 aliphatic heterocycles. The van der Waals surface area contributed by atoms with E-state index in [1.807, 2.05) is 12.1 Å². The van der Waals surface area contributed by atoms with E-state index in [4.69, 9.17) is 19.6 Å². The van der Waals surface area contributed by atoms with E-state index in [2.05, 4.69) is 74.4 Å². The number of oxime groups is 2. The van der Waals surface area contributed by atoms with Crippen molar-refractivity contribution in [1.29, 1.82) is 0 Å². The van der Waals surface area contributed by atoms with E-state index in [0.717, 1.165) is 72.4 Å². The number of pyridine rings is 2. The predicted octanol–water partition coefficient (Wildman–Crippen LogP) is 7.24. The largest absolute Gasteiger partial charge is 0.395 e. The molecule has 6 rings (SSSR count). The zero-order valence-electron chi connectivity index (χ0n) is 23.4. The lowest BCUT2D eigenvalue weighted by atomic mass is 9.89. The molecule has 0 bridgehead atoms. The van der Waals surface area contributed by atoms with Crippen LogP contribution in [0.2, 0.25) is 0 Å². The Morgan fingerprint density at radius 2 is 1.10 bits per heavy atom. The molecule has 2 heterocycles. The zero-order valence-corrected chi connectivity index (χ0v) is 23.4. The number of benzene rings is 2. The van der Waals surface area contributed by atoms with Gasteiger partial charge >= 0.3 is 0 Å². The zero-order chi connectivity index (χ0) is 27.0. The van der Waals surface area contributed by atoms with Crippen molar-refractivity contribution in [1.82, 2.24) is 9.97 Å². The Morgan fingerprint density at radius 3 is 1.56 bits per heavy atom. The van der Waals surface area contributed by atoms with Crippen LogP contribution in [0.15, 0.2) is 58.8 Å². The van der Waals surface area contributed by atoms with Gasteiger partial charge in [0, 0.05) is 16.2 Å². The molecule has 0 radical (unpaired) electrons. The van der Waals surface area contributed by atoms with Crippen LogP contribution in [-0.4, -0.2) is 34.6 Å². The first-order valence-electron chi connectivity index (χ1n) is 14.1. The third kappa shape index (κ3) is 5.00. The molecule has 2 aromatic heterocycles. The standard InChI is InChI=1S/C33H36N4O2/c1-21-23-11-5-7-15-27(23)34-31-25(21)13-9-17-29(31)36-38-19-33(3,4)20-39-37-30-18-10-14-26-22(2)24-12-6-8-16-28(24)35-32(26)30/h5-8,11-12,15-16H,9-10,13-14,17-20H2,1-4H3. The van der Waals surface area contributed by atoms with Crippen LogP contribution in [0.3, 0.4) is 0 Å². The molecule has 0 atom stereocenters. The Labute approximate surface area is 230 Å². The normalized spacial score (nSPS) is 17.4. The number of hydrogen-bond acceptors (Lipinski definition) is 6. The van der Waals surface area contributed by atoms with Gasteiger partial charge in [0.15, 0.2) is 0 Å². The average Bonchev–Trinajstić information content (AvgIpc) is 2.94. The van der Waals surface area contributed by atoms with Gasteiger partial charge in [-0.15, -0.1) is 0 Å². The van der Waals surface area contributed by atoms with Gasteiger partial charge in [-0.05, 0) is 86.8 Å². The van der Waals surface area contributed by atoms with Crippen molar-refractivity contribution >= 4 is 33.2 Å². The van der Waals surface area contributed by atoms with E-state index in [-0.39, 0.29) is 5.41 Å². The van der Waals surface area contributed by atoms with Crippen LogP contribution in [0.1, 0.15) is 73.2 Å². The van der Waals surface area contributed by atoms with Crippen molar-refractivity contribution in [2.24, 2.45) is 15.7 Å². The summed E-state index contributed by atoms with van der Waals surface area (Å²) in [6.45, 7) is 9.48. The Morgan fingerprint density at radius 1 is 0.667 bits per heavy atom. The molecule has 0 N–H and O–H groups in total. The summed E-state index contributed by atoms with van der Waals surface area (Å²) in [5.74, 6) is 0. The van der Waals surface area contributed by atoms with Crippen LogP contribution in [-0.2, 0) is 22.5 Å². The number of fused-ring (bicyclic) bond motifs is 4. The lowest BCUT2D eigenvalue weighted by molar-refractivity contribution is -0.000308. The maximum atomic E-state index is 5.92. The fraction of sp³-hybridized carbons (Fsp3) is 0.394. The number of aromatic nitrogens is 2. The average molecular weight is 521 g/mol. The number of hydrogen-bond donors (Lipinski definition) is 0. The molecule has 2 aliphatic carbocycles. The van der Waals surface area contributed by atoms with Crippen LogP contribution in [0, 0.1) is 19.3 Å². The summed E-state index contributed by atoms with van der Waals surface area (Å²) >= 11 is 0. The Bertz CT molecular complexity index is 1500. The second kappa shape index (κ2) is 10.4. The van der Waals surface area contributed by atoms with Gasteiger partial charge in [0.05, 0.1) is 22.4 Å². The minimum atomic E-state index is -0.261. The fourth-order valence-corrected chi connectivity index (χ4v) is 5.81. The molecule has 200 valence electrons. The van der Waals surface area contributed by atoms with Crippen molar-refractivity contribution in [2.45, 2.75) is 66.2 Å². The predicted molar refractivity (Wildman–Crippen MR) is 158 cm³/mol. The van der Waals surface area contributed by atoms with Crippen molar-refractivity contribution in [3.05, 3.63) is 82.2 Å². The van der Waals surface area contributed by atoms with Gasteiger partial charge in [-0.25, -0.2) is 9.97 Å². The highest BCUT2D eigenvalue weighted by atomic mass is 16.6. The minimum absolute atomic E-state index is 0.261. The van der Waals surface area contributed by atoms with E-state index in [9.17, 15) is 0 Å². The molecule has 0 saturated heterocycles. The van der Waals surface area contributed by atoms with Gasteiger partial charge in [0.2, 0.25) is 0 Å². The third-order valence-electron chi connectivity index (χ3n) is 8.05. The smallest absolute Gasteiger partial charge is 0.125 e. The molecular weight excluding hydrogens is 484 g/mol. The Kier molecular flexibility index (Phi) is 6.79. The second-order valence-corrected chi connectivity index (χ2v) is 11.7. The first-order valence-corrected chi connectivity index (χ1v) is 14.1. The molecule has 0 amide bonds. The maximum absolute atomic E-state index is 5.92. The highest BCUT2D eigenvalue weighted by Crippen LogP contribution is 2.31. The van der Waals surface area contributed by atoms with Gasteiger partial charge in [-0.2, -0.15) is 0 Å². The Hall–Kier alpha value is -3.80. The molecule has 2 aliphatic rings. The number of aryl methyl sites for hydroxylation is 2. The van der Waals surface area contributed by atoms with Crippen LogP contribution in [0.4, 0.5) is 0 Å². The molecule has 6 nitrogen and oxygen atoms in total. The molecular formula is C33H36N4O2. The molecule has 4 aromatic rings. The van der Waals surface area contributed by atoms with E-state index in [1.54, 1.807) is 0 Å². The molecule has 0 unspecified atom stereocenters. The number of para-hydroxylation sites is 2. The third-order valence-corrected chi connectivity index (χ3v) is 8.05. The number of nitrogens with zero attached hydrogens (tertiary/aromatic N) is 4. The van der Waals surface area contributed by atoms with Gasteiger partial charge in [0.1, 0.15) is 24.6 Å². The lowest BCUT2D eigenvalue weighted by Gasteiger charge is -2.24. The molecule has 6 heteroatoms. The Balaban J connectivity index is 1.14. The summed E-state index contributed by atoms with van der Waals surface area (Å²) in [4.78, 5) is 21.8. The first-order chi connectivity index (χ1) is 18.9. The SMILES string of the molecule is Cc1c2c(nc3ccccc13)C(=NOCC(C)(C)CON=C1CCCc3c1nc1ccccc1c3C)CCC2. The summed E-state index contributed by atoms with van der Waals surface area (Å²) in [7, 11) is 0. The highest BCUT2D eigenvalue weighted by molar-refractivity contribution is 6.04. The topological polar surface area (TPSA) is 69.0 Å². The van der Waals surface area contributed by atoms with Gasteiger partial charge in [-0.3, -0.25) is 0 Å². The minimum Gasteiger partial charge on any atom is -0.395 e. The van der Waals surface area contributed by atoms with Gasteiger partial charge in [-0.1, -0.05) is 60.6 Å². The first kappa shape index (κ1) is 25.5. The quantitative estimate of drug-likeness (QED) is 0.251. The summed E-state index contributed by atoms with van der Waals surface area (Å²) in [5, 5.41) is 11.6. The van der Waals surface area contributed by atoms with Crippen LogP contribution < -0.4 is 0 Å². The van der Waals surface area contributed by atoms with E-state index < -0.39 is 0 Å². The fourth-order valence-electron chi connectivity index (χ4n) is 5.81.